The quantitative estimate of drug-likeness (QED) is 0.611. The Kier molecular flexibility index (Phi) is 7.67. The molecule has 0 saturated carbocycles. The Morgan fingerprint density at radius 1 is 1.23 bits per heavy atom. The van der Waals surface area contributed by atoms with Gasteiger partial charge in [-0.1, -0.05) is 23.7 Å². The van der Waals surface area contributed by atoms with Gasteiger partial charge in [0.25, 0.3) is 5.91 Å². The number of hydrogen-bond acceptors (Lipinski definition) is 6. The number of likely N-dealkylation sites (tertiary alicyclic amines) is 1. The van der Waals surface area contributed by atoms with Crippen LogP contribution in [0, 0.1) is 12.8 Å². The van der Waals surface area contributed by atoms with Gasteiger partial charge in [-0.25, -0.2) is 4.98 Å². The van der Waals surface area contributed by atoms with Crippen LogP contribution in [0.1, 0.15) is 35.1 Å². The van der Waals surface area contributed by atoms with Crippen molar-refractivity contribution < 1.29 is 19.1 Å². The molecule has 0 aliphatic carbocycles. The highest BCUT2D eigenvalue weighted by molar-refractivity contribution is 7.17. The number of esters is 1. The number of benzene rings is 1. The van der Waals surface area contributed by atoms with Crippen molar-refractivity contribution in [1.82, 2.24) is 14.8 Å². The molecule has 0 bridgehead atoms. The number of likely N-dealkylation sites (N-methyl/N-ethyl adjacent to an activating group) is 1. The fourth-order valence-corrected chi connectivity index (χ4v) is 4.68. The molecule has 1 aromatic carbocycles. The van der Waals surface area contributed by atoms with Crippen LogP contribution in [0.2, 0.25) is 5.02 Å². The van der Waals surface area contributed by atoms with E-state index in [0.717, 1.165) is 10.6 Å². The van der Waals surface area contributed by atoms with Crippen molar-refractivity contribution in [2.24, 2.45) is 5.92 Å². The number of thiazole rings is 1. The molecular formula is C22H26ClN3O4S. The van der Waals surface area contributed by atoms with Crippen LogP contribution in [-0.2, 0) is 14.3 Å². The zero-order chi connectivity index (χ0) is 22.5. The summed E-state index contributed by atoms with van der Waals surface area (Å²) in [7, 11) is 1.62. The number of aryl methyl sites for hydroxylation is 1. The highest BCUT2D eigenvalue weighted by atomic mass is 35.5. The summed E-state index contributed by atoms with van der Waals surface area (Å²) in [6, 6.07) is 7.29. The molecule has 1 saturated heterocycles. The second kappa shape index (κ2) is 10.2. The topological polar surface area (TPSA) is 79.8 Å². The van der Waals surface area contributed by atoms with E-state index in [-0.39, 0.29) is 30.2 Å². The number of carbonyl (C=O) groups excluding carboxylic acids is 3. The summed E-state index contributed by atoms with van der Waals surface area (Å²) in [6.07, 6.45) is 1.17. The molecule has 2 amide bonds. The van der Waals surface area contributed by atoms with E-state index in [4.69, 9.17) is 16.3 Å². The summed E-state index contributed by atoms with van der Waals surface area (Å²) in [5.41, 5.74) is 1.52. The molecule has 0 N–H and O–H groups in total. The number of amides is 2. The zero-order valence-electron chi connectivity index (χ0n) is 17.9. The first-order valence-corrected chi connectivity index (χ1v) is 11.4. The van der Waals surface area contributed by atoms with E-state index < -0.39 is 0 Å². The van der Waals surface area contributed by atoms with Gasteiger partial charge < -0.3 is 14.5 Å². The SMILES string of the molecule is CCOC(=O)C1CCN(C(=O)CN(C)C(=O)c2sc(-c3ccc(Cl)cc3)nc2C)CC1. The second-order valence-corrected chi connectivity index (χ2v) is 8.94. The zero-order valence-corrected chi connectivity index (χ0v) is 19.5. The van der Waals surface area contributed by atoms with Crippen LogP contribution in [0.4, 0.5) is 0 Å². The van der Waals surface area contributed by atoms with Crippen LogP contribution >= 0.6 is 22.9 Å². The minimum Gasteiger partial charge on any atom is -0.466 e. The smallest absolute Gasteiger partial charge is 0.309 e. The van der Waals surface area contributed by atoms with Crippen LogP contribution in [0.15, 0.2) is 24.3 Å². The van der Waals surface area contributed by atoms with Crippen LogP contribution in [0.25, 0.3) is 10.6 Å². The van der Waals surface area contributed by atoms with Crippen molar-refractivity contribution in [3.63, 3.8) is 0 Å². The molecule has 7 nitrogen and oxygen atoms in total. The van der Waals surface area contributed by atoms with Crippen LogP contribution in [-0.4, -0.2) is 65.9 Å². The van der Waals surface area contributed by atoms with E-state index in [2.05, 4.69) is 4.98 Å². The molecule has 0 radical (unpaired) electrons. The van der Waals surface area contributed by atoms with Gasteiger partial charge in [-0.15, -0.1) is 11.3 Å². The molecule has 3 rings (SSSR count). The predicted octanol–water partition coefficient (Wildman–Crippen LogP) is 3.65. The lowest BCUT2D eigenvalue weighted by atomic mass is 9.97. The number of rotatable bonds is 6. The van der Waals surface area contributed by atoms with Gasteiger partial charge >= 0.3 is 5.97 Å². The fourth-order valence-electron chi connectivity index (χ4n) is 3.48. The third-order valence-corrected chi connectivity index (χ3v) is 6.72. The lowest BCUT2D eigenvalue weighted by Crippen LogP contribution is -2.45. The minimum absolute atomic E-state index is 0.0173. The molecule has 2 aromatic rings. The fraction of sp³-hybridized carbons (Fsp3) is 0.455. The summed E-state index contributed by atoms with van der Waals surface area (Å²) in [6.45, 7) is 4.90. The number of piperidine rings is 1. The summed E-state index contributed by atoms with van der Waals surface area (Å²) in [5, 5.41) is 1.37. The average Bonchev–Trinajstić information content (AvgIpc) is 3.15. The highest BCUT2D eigenvalue weighted by Crippen LogP contribution is 2.29. The molecule has 1 aromatic heterocycles. The molecular weight excluding hydrogens is 438 g/mol. The van der Waals surface area contributed by atoms with Crippen molar-refractivity contribution in [3.05, 3.63) is 39.9 Å². The van der Waals surface area contributed by atoms with Crippen LogP contribution < -0.4 is 0 Å². The van der Waals surface area contributed by atoms with Gasteiger partial charge in [0.05, 0.1) is 24.8 Å². The highest BCUT2D eigenvalue weighted by Gasteiger charge is 2.29. The lowest BCUT2D eigenvalue weighted by molar-refractivity contribution is -0.151. The summed E-state index contributed by atoms with van der Waals surface area (Å²) in [4.78, 5) is 45.6. The van der Waals surface area contributed by atoms with E-state index in [1.807, 2.05) is 12.1 Å². The third-order valence-electron chi connectivity index (χ3n) is 5.27. The number of aromatic nitrogens is 1. The Labute approximate surface area is 191 Å². The summed E-state index contributed by atoms with van der Waals surface area (Å²) in [5.74, 6) is -0.711. The Morgan fingerprint density at radius 3 is 2.48 bits per heavy atom. The Bertz CT molecular complexity index is 952. The third kappa shape index (κ3) is 5.62. The van der Waals surface area contributed by atoms with Crippen LogP contribution in [0.5, 0.6) is 0 Å². The number of nitrogens with zero attached hydrogens (tertiary/aromatic N) is 3. The van der Waals surface area contributed by atoms with Gasteiger partial charge in [-0.2, -0.15) is 0 Å². The first-order chi connectivity index (χ1) is 14.8. The van der Waals surface area contributed by atoms with Crippen molar-refractivity contribution in [1.29, 1.82) is 0 Å². The molecule has 1 fully saturated rings. The van der Waals surface area contributed by atoms with Gasteiger partial charge in [0.15, 0.2) is 0 Å². The first-order valence-electron chi connectivity index (χ1n) is 10.2. The monoisotopic (exact) mass is 463 g/mol. The average molecular weight is 464 g/mol. The van der Waals surface area contributed by atoms with E-state index in [0.29, 0.717) is 48.1 Å². The standard InChI is InChI=1S/C22H26ClN3O4S/c1-4-30-22(29)16-9-11-26(12-10-16)18(27)13-25(3)21(28)19-14(2)24-20(31-19)15-5-7-17(23)8-6-15/h5-8,16H,4,9-13H2,1-3H3. The van der Waals surface area contributed by atoms with Crippen molar-refractivity contribution in [2.45, 2.75) is 26.7 Å². The lowest BCUT2D eigenvalue weighted by Gasteiger charge is -2.32. The number of carbonyl (C=O) groups is 3. The number of halogens is 1. The Morgan fingerprint density at radius 2 is 1.87 bits per heavy atom. The molecule has 0 spiro atoms. The Hall–Kier alpha value is -2.45. The molecule has 1 aliphatic rings. The predicted molar refractivity (Wildman–Crippen MR) is 120 cm³/mol. The van der Waals surface area contributed by atoms with E-state index in [9.17, 15) is 14.4 Å². The van der Waals surface area contributed by atoms with Gasteiger partial charge in [-0.3, -0.25) is 14.4 Å². The van der Waals surface area contributed by atoms with Crippen molar-refractivity contribution >= 4 is 40.7 Å². The van der Waals surface area contributed by atoms with E-state index in [1.165, 1.54) is 16.2 Å². The van der Waals surface area contributed by atoms with Gasteiger partial charge in [0.1, 0.15) is 9.88 Å². The van der Waals surface area contributed by atoms with E-state index >= 15 is 0 Å². The van der Waals surface area contributed by atoms with Gasteiger partial charge in [-0.05, 0) is 38.8 Å². The molecule has 0 unspecified atom stereocenters. The molecule has 2 heterocycles. The molecule has 1 aliphatic heterocycles. The maximum Gasteiger partial charge on any atom is 0.309 e. The minimum atomic E-state index is -0.232. The maximum absolute atomic E-state index is 12.9. The number of hydrogen-bond donors (Lipinski definition) is 0. The molecule has 31 heavy (non-hydrogen) atoms. The summed E-state index contributed by atoms with van der Waals surface area (Å²) < 4.78 is 5.07. The van der Waals surface area contributed by atoms with Crippen molar-refractivity contribution in [3.8, 4) is 10.6 Å². The first kappa shape index (κ1) is 23.2. The van der Waals surface area contributed by atoms with Crippen LogP contribution in [0.3, 0.4) is 0 Å². The largest absolute Gasteiger partial charge is 0.466 e. The molecule has 166 valence electrons. The van der Waals surface area contributed by atoms with E-state index in [1.54, 1.807) is 37.9 Å². The Balaban J connectivity index is 1.59. The van der Waals surface area contributed by atoms with Gasteiger partial charge in [0.2, 0.25) is 5.91 Å². The summed E-state index contributed by atoms with van der Waals surface area (Å²) >= 11 is 7.24. The second-order valence-electron chi connectivity index (χ2n) is 7.51. The normalized spacial score (nSPS) is 14.4. The van der Waals surface area contributed by atoms with Crippen molar-refractivity contribution in [2.75, 3.05) is 33.3 Å². The van der Waals surface area contributed by atoms with Gasteiger partial charge in [0, 0.05) is 30.7 Å². The molecule has 9 heteroatoms. The number of ether oxygens (including phenoxy) is 1. The molecule has 0 atom stereocenters. The maximum atomic E-state index is 12.9.